The number of hydrogen-bond donors (Lipinski definition) is 0. The molecule has 0 bridgehead atoms. The number of aromatic nitrogens is 1. The fraction of sp³-hybridized carbons (Fsp3) is 0.545. The molecule has 0 radical (unpaired) electrons. The lowest BCUT2D eigenvalue weighted by molar-refractivity contribution is 0.334. The molecule has 72 valence electrons. The highest BCUT2D eigenvalue weighted by Crippen LogP contribution is 2.27. The molecule has 0 amide bonds. The molecular formula is C11H17NO. The Morgan fingerprint density at radius 3 is 2.85 bits per heavy atom. The number of pyridine rings is 1. The molecule has 1 rings (SSSR count). The molecule has 1 unspecified atom stereocenters. The second kappa shape index (κ2) is 4.85. The van der Waals surface area contributed by atoms with Crippen LogP contribution < -0.4 is 4.74 Å². The maximum absolute atomic E-state index is 5.52. The molecule has 0 spiro atoms. The van der Waals surface area contributed by atoms with Crippen LogP contribution in [-0.2, 0) is 0 Å². The van der Waals surface area contributed by atoms with Crippen LogP contribution in [0, 0.1) is 0 Å². The minimum Gasteiger partial charge on any atom is -0.493 e. The summed E-state index contributed by atoms with van der Waals surface area (Å²) in [5.41, 5.74) is 1.21. The van der Waals surface area contributed by atoms with Crippen LogP contribution in [0.2, 0.25) is 0 Å². The van der Waals surface area contributed by atoms with Gasteiger partial charge in [0.25, 0.3) is 0 Å². The first-order chi connectivity index (χ1) is 6.29. The Hall–Kier alpha value is -1.05. The van der Waals surface area contributed by atoms with E-state index < -0.39 is 0 Å². The fourth-order valence-corrected chi connectivity index (χ4v) is 1.27. The van der Waals surface area contributed by atoms with Crippen molar-refractivity contribution in [1.82, 2.24) is 4.98 Å². The third-order valence-electron chi connectivity index (χ3n) is 2.25. The van der Waals surface area contributed by atoms with Gasteiger partial charge in [-0.1, -0.05) is 13.8 Å². The van der Waals surface area contributed by atoms with Crippen LogP contribution in [0.5, 0.6) is 5.75 Å². The van der Waals surface area contributed by atoms with E-state index >= 15 is 0 Å². The molecule has 0 aliphatic heterocycles. The van der Waals surface area contributed by atoms with Crippen LogP contribution in [0.15, 0.2) is 18.5 Å². The fourth-order valence-electron chi connectivity index (χ4n) is 1.27. The molecule has 1 atom stereocenters. The third-order valence-corrected chi connectivity index (χ3v) is 2.25. The zero-order valence-corrected chi connectivity index (χ0v) is 8.58. The van der Waals surface area contributed by atoms with E-state index in [1.165, 1.54) is 5.56 Å². The zero-order valence-electron chi connectivity index (χ0n) is 8.58. The van der Waals surface area contributed by atoms with E-state index in [-0.39, 0.29) is 0 Å². The molecule has 0 N–H and O–H groups in total. The lowest BCUT2D eigenvalue weighted by Gasteiger charge is -2.13. The molecular weight excluding hydrogens is 162 g/mol. The van der Waals surface area contributed by atoms with Gasteiger partial charge in [-0.3, -0.25) is 4.98 Å². The van der Waals surface area contributed by atoms with Crippen molar-refractivity contribution >= 4 is 0 Å². The first kappa shape index (κ1) is 10.0. The van der Waals surface area contributed by atoms with Crippen molar-refractivity contribution in [2.45, 2.75) is 33.1 Å². The van der Waals surface area contributed by atoms with Crippen molar-refractivity contribution in [2.75, 3.05) is 6.61 Å². The highest BCUT2D eigenvalue weighted by Gasteiger charge is 2.08. The van der Waals surface area contributed by atoms with Crippen molar-refractivity contribution in [3.05, 3.63) is 24.0 Å². The molecule has 0 fully saturated rings. The number of rotatable bonds is 4. The molecule has 2 nitrogen and oxygen atoms in total. The Kier molecular flexibility index (Phi) is 3.74. The van der Waals surface area contributed by atoms with Gasteiger partial charge in [0.05, 0.1) is 6.61 Å². The SMILES string of the molecule is CCOc1ccncc1C(C)CC. The van der Waals surface area contributed by atoms with E-state index in [1.54, 1.807) is 6.20 Å². The summed E-state index contributed by atoms with van der Waals surface area (Å²) in [7, 11) is 0. The van der Waals surface area contributed by atoms with Gasteiger partial charge in [0.15, 0.2) is 0 Å². The molecule has 0 aromatic carbocycles. The predicted octanol–water partition coefficient (Wildman–Crippen LogP) is 2.99. The van der Waals surface area contributed by atoms with Gasteiger partial charge in [-0.25, -0.2) is 0 Å². The standard InChI is InChI=1S/C11H17NO/c1-4-9(3)10-8-12-7-6-11(10)13-5-2/h6-9H,4-5H2,1-3H3. The largest absolute Gasteiger partial charge is 0.493 e. The molecule has 0 aliphatic carbocycles. The van der Waals surface area contributed by atoms with Crippen molar-refractivity contribution in [3.8, 4) is 5.75 Å². The summed E-state index contributed by atoms with van der Waals surface area (Å²) < 4.78 is 5.52. The van der Waals surface area contributed by atoms with Gasteiger partial charge in [-0.05, 0) is 25.3 Å². The first-order valence-electron chi connectivity index (χ1n) is 4.86. The minimum absolute atomic E-state index is 0.523. The van der Waals surface area contributed by atoms with Gasteiger partial charge in [0, 0.05) is 18.0 Å². The molecule has 1 heterocycles. The maximum atomic E-state index is 5.52. The second-order valence-electron chi connectivity index (χ2n) is 3.16. The minimum atomic E-state index is 0.523. The Morgan fingerprint density at radius 2 is 2.23 bits per heavy atom. The van der Waals surface area contributed by atoms with E-state index in [0.717, 1.165) is 12.2 Å². The number of nitrogens with zero attached hydrogens (tertiary/aromatic N) is 1. The monoisotopic (exact) mass is 179 g/mol. The van der Waals surface area contributed by atoms with Crippen molar-refractivity contribution in [3.63, 3.8) is 0 Å². The van der Waals surface area contributed by atoms with Gasteiger partial charge in [-0.15, -0.1) is 0 Å². The van der Waals surface area contributed by atoms with Crippen LogP contribution in [0.25, 0.3) is 0 Å². The summed E-state index contributed by atoms with van der Waals surface area (Å²) in [6.07, 6.45) is 4.79. The molecule has 1 aromatic rings. The summed E-state index contributed by atoms with van der Waals surface area (Å²) in [6, 6.07) is 1.94. The van der Waals surface area contributed by atoms with E-state index in [2.05, 4.69) is 18.8 Å². The Bertz CT molecular complexity index is 260. The highest BCUT2D eigenvalue weighted by molar-refractivity contribution is 5.32. The van der Waals surface area contributed by atoms with Crippen LogP contribution >= 0.6 is 0 Å². The van der Waals surface area contributed by atoms with Gasteiger partial charge < -0.3 is 4.74 Å². The first-order valence-corrected chi connectivity index (χ1v) is 4.86. The summed E-state index contributed by atoms with van der Waals surface area (Å²) >= 11 is 0. The Balaban J connectivity index is 2.90. The van der Waals surface area contributed by atoms with Crippen LogP contribution in [0.4, 0.5) is 0 Å². The number of hydrogen-bond acceptors (Lipinski definition) is 2. The van der Waals surface area contributed by atoms with Gasteiger partial charge in [0.2, 0.25) is 0 Å². The summed E-state index contributed by atoms with van der Waals surface area (Å²) in [5.74, 6) is 1.50. The highest BCUT2D eigenvalue weighted by atomic mass is 16.5. The van der Waals surface area contributed by atoms with E-state index in [4.69, 9.17) is 4.74 Å². The normalized spacial score (nSPS) is 12.5. The topological polar surface area (TPSA) is 22.1 Å². The number of ether oxygens (including phenoxy) is 1. The zero-order chi connectivity index (χ0) is 9.68. The summed E-state index contributed by atoms with van der Waals surface area (Å²) in [6.45, 7) is 7.08. The van der Waals surface area contributed by atoms with Crippen molar-refractivity contribution in [1.29, 1.82) is 0 Å². The van der Waals surface area contributed by atoms with Gasteiger partial charge in [0.1, 0.15) is 5.75 Å². The smallest absolute Gasteiger partial charge is 0.125 e. The second-order valence-corrected chi connectivity index (χ2v) is 3.16. The maximum Gasteiger partial charge on any atom is 0.125 e. The average molecular weight is 179 g/mol. The molecule has 13 heavy (non-hydrogen) atoms. The van der Waals surface area contributed by atoms with Crippen molar-refractivity contribution in [2.24, 2.45) is 0 Å². The molecule has 0 aliphatic rings. The summed E-state index contributed by atoms with van der Waals surface area (Å²) in [5, 5.41) is 0. The van der Waals surface area contributed by atoms with Crippen LogP contribution in [0.3, 0.4) is 0 Å². The predicted molar refractivity (Wildman–Crippen MR) is 54.1 cm³/mol. The molecule has 2 heteroatoms. The quantitative estimate of drug-likeness (QED) is 0.708. The van der Waals surface area contributed by atoms with Gasteiger partial charge in [-0.2, -0.15) is 0 Å². The molecule has 1 aromatic heterocycles. The molecule has 0 saturated carbocycles. The lowest BCUT2D eigenvalue weighted by atomic mass is 10.00. The Labute approximate surface area is 80.0 Å². The average Bonchev–Trinajstić information content (AvgIpc) is 2.18. The van der Waals surface area contributed by atoms with Crippen LogP contribution in [0.1, 0.15) is 38.7 Å². The lowest BCUT2D eigenvalue weighted by Crippen LogP contribution is -2.00. The van der Waals surface area contributed by atoms with E-state index in [1.807, 2.05) is 19.2 Å². The summed E-state index contributed by atoms with van der Waals surface area (Å²) in [4.78, 5) is 4.12. The van der Waals surface area contributed by atoms with E-state index in [0.29, 0.717) is 12.5 Å². The molecule has 0 saturated heterocycles. The Morgan fingerprint density at radius 1 is 1.46 bits per heavy atom. The van der Waals surface area contributed by atoms with Crippen molar-refractivity contribution < 1.29 is 4.74 Å². The van der Waals surface area contributed by atoms with E-state index in [9.17, 15) is 0 Å². The van der Waals surface area contributed by atoms with Gasteiger partial charge >= 0.3 is 0 Å². The third kappa shape index (κ3) is 2.44. The van der Waals surface area contributed by atoms with Crippen LogP contribution in [-0.4, -0.2) is 11.6 Å².